The minimum Gasteiger partial charge on any atom is -0.459 e. The summed E-state index contributed by atoms with van der Waals surface area (Å²) in [7, 11) is 5.07. The van der Waals surface area contributed by atoms with Crippen molar-refractivity contribution in [2.45, 2.75) is 204 Å². The highest BCUT2D eigenvalue weighted by molar-refractivity contribution is 5.73. The quantitative estimate of drug-likeness (QED) is 0.148. The minimum absolute atomic E-state index is 0.0567. The molecule has 3 fully saturated rings. The zero-order valence-corrected chi connectivity index (χ0v) is 43.0. The molecule has 17 nitrogen and oxygen atoms in total. The summed E-state index contributed by atoms with van der Waals surface area (Å²) in [5.74, 6) is -4.01. The summed E-state index contributed by atoms with van der Waals surface area (Å²) in [4.78, 5) is 18.2. The number of hydrogen-bond acceptors (Lipinski definition) is 16. The van der Waals surface area contributed by atoms with Crippen molar-refractivity contribution in [3.63, 3.8) is 0 Å². The van der Waals surface area contributed by atoms with Crippen molar-refractivity contribution in [2.75, 3.05) is 34.3 Å². The van der Waals surface area contributed by atoms with Crippen LogP contribution in [0.2, 0.25) is 0 Å². The Morgan fingerprint density at radius 2 is 1.66 bits per heavy atom. The molecule has 0 radical (unpaired) electrons. The normalized spacial score (nSPS) is 40.2. The van der Waals surface area contributed by atoms with Crippen molar-refractivity contribution in [3.8, 4) is 0 Å². The van der Waals surface area contributed by atoms with Gasteiger partial charge in [-0.1, -0.05) is 32.1 Å². The van der Waals surface area contributed by atoms with E-state index in [-0.39, 0.29) is 37.3 Å². The molecule has 1 aromatic heterocycles. The smallest absolute Gasteiger partial charge is 0.416 e. The van der Waals surface area contributed by atoms with Crippen molar-refractivity contribution < 1.29 is 76.3 Å². The number of methoxy groups -OCH3 is 1. The third-order valence-electron chi connectivity index (χ3n) is 15.1. The number of alkyl halides is 3. The predicted octanol–water partition coefficient (Wildman–Crippen LogP) is 4.31. The molecule has 2 aromatic rings. The average Bonchev–Trinajstić information content (AvgIpc) is 3.73. The first kappa shape index (κ1) is 58.0. The number of aliphatic hydroxyl groups excluding tert-OH is 3. The van der Waals surface area contributed by atoms with E-state index < -0.39 is 126 Å². The number of esters is 1. The zero-order chi connectivity index (χ0) is 52.4. The van der Waals surface area contributed by atoms with Crippen molar-refractivity contribution in [1.82, 2.24) is 24.8 Å². The van der Waals surface area contributed by atoms with Crippen LogP contribution in [0.4, 0.5) is 17.6 Å². The summed E-state index contributed by atoms with van der Waals surface area (Å²) < 4.78 is 94.0. The molecule has 18 atom stereocenters. The maximum atomic E-state index is 14.4. The number of carbonyl (C=O) groups excluding carboxylic acids is 1. The highest BCUT2D eigenvalue weighted by atomic mass is 19.4. The van der Waals surface area contributed by atoms with Gasteiger partial charge in [0.1, 0.15) is 35.8 Å². The van der Waals surface area contributed by atoms with Gasteiger partial charge in [0.05, 0.1) is 59.3 Å². The van der Waals surface area contributed by atoms with Crippen molar-refractivity contribution in [3.05, 3.63) is 47.0 Å². The van der Waals surface area contributed by atoms with Gasteiger partial charge in [-0.05, 0) is 105 Å². The maximum absolute atomic E-state index is 14.4. The number of ether oxygens (including phenoxy) is 6. The molecular formula is C49H79F4N5O12. The summed E-state index contributed by atoms with van der Waals surface area (Å²) in [5, 5.41) is 67.6. The van der Waals surface area contributed by atoms with Gasteiger partial charge in [-0.3, -0.25) is 4.79 Å². The molecule has 5 rings (SSSR count). The molecule has 3 aliphatic heterocycles. The lowest BCUT2D eigenvalue weighted by Crippen LogP contribution is -2.61. The number of cyclic esters (lactones) is 1. The van der Waals surface area contributed by atoms with Gasteiger partial charge in [0.15, 0.2) is 12.6 Å². The molecule has 21 heteroatoms. The Labute approximate surface area is 409 Å². The Morgan fingerprint density at radius 1 is 0.986 bits per heavy atom. The summed E-state index contributed by atoms with van der Waals surface area (Å²) in [6, 6.07) is 1.31. The fourth-order valence-electron chi connectivity index (χ4n) is 10.8. The van der Waals surface area contributed by atoms with E-state index in [1.807, 2.05) is 23.6 Å². The van der Waals surface area contributed by atoms with Crippen molar-refractivity contribution in [1.29, 1.82) is 0 Å². The first-order valence-electron chi connectivity index (χ1n) is 24.4. The maximum Gasteiger partial charge on any atom is 0.416 e. The Kier molecular flexibility index (Phi) is 19.1. The molecule has 3 saturated heterocycles. The number of carbonyl (C=O) groups is 1. The van der Waals surface area contributed by atoms with E-state index in [4.69, 9.17) is 28.4 Å². The van der Waals surface area contributed by atoms with Crippen LogP contribution in [0.5, 0.6) is 0 Å². The van der Waals surface area contributed by atoms with E-state index in [2.05, 4.69) is 10.3 Å². The number of rotatable bonds is 12. The number of aromatic nitrogens is 3. The molecular weight excluding hydrogens is 927 g/mol. The number of nitrogens with zero attached hydrogens (tertiary/aromatic N) is 5. The highest BCUT2D eigenvalue weighted by Gasteiger charge is 2.53. The molecule has 1 aromatic carbocycles. The van der Waals surface area contributed by atoms with Gasteiger partial charge in [0.2, 0.25) is 0 Å². The Hall–Kier alpha value is -2.93. The Morgan fingerprint density at radius 3 is 2.29 bits per heavy atom. The van der Waals surface area contributed by atoms with Crippen LogP contribution in [0.25, 0.3) is 0 Å². The van der Waals surface area contributed by atoms with E-state index >= 15 is 0 Å². The lowest BCUT2D eigenvalue weighted by atomic mass is 9.77. The van der Waals surface area contributed by atoms with E-state index in [0.717, 1.165) is 12.1 Å². The molecule has 3 aliphatic rings. The number of hydrogen-bond donors (Lipinski definition) is 5. The standard InChI is InChI=1S/C49H79F4N5O12/c1-14-37-48(10,64)41(60)30(6)57(12)23-26(2)21-46(8,63)43(28(4)40(29(5)44(62)68-37)69-38-22-47(9,65-13)42(61)31(7)67-38)70-45-39(59)36(19-27(3)66-45)56(11)18-17-34-25-58(55-54-34)24-32-15-16-33(50)20-35(32)49(51,52)53/h15-16,20,25-31,36-43,45,59-61,63-64H,14,17-19,21-24H2,1-13H3/t26-,27-,28+,29-,30-,31+,36+,37-,38+,39-,40+,41-,42+,43-,45+,46-,47-,48-/m1/s1. The first-order chi connectivity index (χ1) is 32.4. The summed E-state index contributed by atoms with van der Waals surface area (Å²) in [6.45, 7) is 17.5. The van der Waals surface area contributed by atoms with Crippen LogP contribution in [0, 0.1) is 23.6 Å². The second-order valence-corrected chi connectivity index (χ2v) is 21.1. The molecule has 0 bridgehead atoms. The molecule has 0 aliphatic carbocycles. The fraction of sp³-hybridized carbons (Fsp3) is 0.816. The lowest BCUT2D eigenvalue weighted by molar-refractivity contribution is -0.318. The fourth-order valence-corrected chi connectivity index (χ4v) is 10.8. The van der Waals surface area contributed by atoms with Gasteiger partial charge in [0.25, 0.3) is 0 Å². The Balaban J connectivity index is 1.45. The van der Waals surface area contributed by atoms with Crippen LogP contribution in [-0.2, 0) is 52.4 Å². The zero-order valence-electron chi connectivity index (χ0n) is 43.0. The van der Waals surface area contributed by atoms with Crippen LogP contribution in [0.3, 0.4) is 0 Å². The van der Waals surface area contributed by atoms with Gasteiger partial charge in [-0.15, -0.1) is 5.10 Å². The minimum atomic E-state index is -4.77. The van der Waals surface area contributed by atoms with E-state index in [9.17, 15) is 47.9 Å². The predicted molar refractivity (Wildman–Crippen MR) is 247 cm³/mol. The van der Waals surface area contributed by atoms with Crippen LogP contribution in [0.15, 0.2) is 24.4 Å². The highest BCUT2D eigenvalue weighted by Crippen LogP contribution is 2.41. The molecule has 0 amide bonds. The summed E-state index contributed by atoms with van der Waals surface area (Å²) in [5.41, 5.74) is -5.47. The number of likely N-dealkylation sites (N-methyl/N-ethyl adjacent to an activating group) is 2. The first-order valence-corrected chi connectivity index (χ1v) is 24.4. The van der Waals surface area contributed by atoms with Crippen molar-refractivity contribution in [2.24, 2.45) is 17.8 Å². The van der Waals surface area contributed by atoms with E-state index in [1.54, 1.807) is 62.6 Å². The average molecular weight is 1010 g/mol. The number of halogens is 4. The van der Waals surface area contributed by atoms with E-state index in [0.29, 0.717) is 37.7 Å². The molecule has 0 saturated carbocycles. The number of benzene rings is 1. The second-order valence-electron chi connectivity index (χ2n) is 21.1. The van der Waals surface area contributed by atoms with Gasteiger partial charge in [-0.25, -0.2) is 9.07 Å². The van der Waals surface area contributed by atoms with Gasteiger partial charge in [0, 0.05) is 57.2 Å². The monoisotopic (exact) mass is 1010 g/mol. The number of aliphatic hydroxyl groups is 5. The van der Waals surface area contributed by atoms with Crippen LogP contribution >= 0.6 is 0 Å². The van der Waals surface area contributed by atoms with E-state index in [1.165, 1.54) is 24.9 Å². The van der Waals surface area contributed by atoms with Gasteiger partial charge < -0.3 is 63.8 Å². The third kappa shape index (κ3) is 13.4. The molecule has 400 valence electrons. The second kappa shape index (κ2) is 23.1. The topological polar surface area (TPSA) is 211 Å². The molecule has 4 heterocycles. The Bertz CT molecular complexity index is 2010. The largest absolute Gasteiger partial charge is 0.459 e. The molecule has 70 heavy (non-hydrogen) atoms. The molecule has 5 N–H and O–H groups in total. The SMILES string of the molecule is CC[C@H]1OC(=O)[C@H](C)[C@@H](O[C@H]2C[C@@](C)(OC)[C@@H](O)[C@H](C)O2)[C@H](C)[C@@H](O[C@@H]2O[C@H](C)C[C@H](N(C)CCc3cn(Cc4ccc(F)cc4C(F)(F)F)nn3)[C@H]2O)[C@](C)(O)C[C@@H](C)CN(C)[C@H](C)[C@@H](O)[C@]1(C)O. The van der Waals surface area contributed by atoms with Crippen molar-refractivity contribution >= 4 is 5.97 Å². The summed E-state index contributed by atoms with van der Waals surface area (Å²) >= 11 is 0. The third-order valence-corrected chi connectivity index (χ3v) is 15.1. The van der Waals surface area contributed by atoms with Crippen LogP contribution in [0.1, 0.15) is 112 Å². The molecule has 0 unspecified atom stereocenters. The molecule has 0 spiro atoms. The van der Waals surface area contributed by atoms with Gasteiger partial charge in [-0.2, -0.15) is 13.2 Å². The van der Waals surface area contributed by atoms with Gasteiger partial charge >= 0.3 is 12.1 Å². The summed E-state index contributed by atoms with van der Waals surface area (Å²) in [6.07, 6.45) is -12.9. The van der Waals surface area contributed by atoms with Crippen LogP contribution < -0.4 is 0 Å². The van der Waals surface area contributed by atoms with Crippen LogP contribution in [-0.4, -0.2) is 181 Å². The lowest BCUT2D eigenvalue weighted by Gasteiger charge is -2.49.